The molecule has 1 N–H and O–H groups in total. The molecule has 4 aromatic rings. The molecule has 7 heteroatoms. The zero-order valence-corrected chi connectivity index (χ0v) is 15.7. The van der Waals surface area contributed by atoms with Gasteiger partial charge in [0.2, 0.25) is 5.95 Å². The third-order valence-electron chi connectivity index (χ3n) is 5.16. The highest BCUT2D eigenvalue weighted by atomic mass is 16.3. The van der Waals surface area contributed by atoms with E-state index in [1.165, 1.54) is 0 Å². The Hall–Kier alpha value is -3.74. The van der Waals surface area contributed by atoms with Crippen molar-refractivity contribution in [2.45, 2.75) is 12.5 Å². The normalized spacial score (nSPS) is 16.3. The molecule has 0 bridgehead atoms. The van der Waals surface area contributed by atoms with Crippen molar-refractivity contribution in [3.63, 3.8) is 0 Å². The van der Waals surface area contributed by atoms with E-state index in [-0.39, 0.29) is 11.9 Å². The number of furan rings is 1. The molecule has 1 aromatic carbocycles. The standard InChI is InChI=1S/C22H19N5O2/c28-21(26-17-7-12-27(14-17)22-24-9-1-10-25-22)16-4-2-15(3-5-16)20-18-8-13-29-19(18)6-11-23-20/h1-6,8-11,13,17H,7,12,14H2,(H,26,28)/t17-/m1/s1. The van der Waals surface area contributed by atoms with Gasteiger partial charge in [-0.3, -0.25) is 9.78 Å². The van der Waals surface area contributed by atoms with Crippen molar-refractivity contribution in [3.8, 4) is 11.3 Å². The average molecular weight is 385 g/mol. The zero-order chi connectivity index (χ0) is 19.6. The minimum Gasteiger partial charge on any atom is -0.464 e. The van der Waals surface area contributed by atoms with E-state index in [0.29, 0.717) is 18.1 Å². The first-order valence-corrected chi connectivity index (χ1v) is 9.53. The second kappa shape index (κ2) is 7.35. The van der Waals surface area contributed by atoms with Gasteiger partial charge in [0, 0.05) is 54.2 Å². The lowest BCUT2D eigenvalue weighted by molar-refractivity contribution is 0.0940. The number of hydrogen-bond acceptors (Lipinski definition) is 6. The molecule has 0 unspecified atom stereocenters. The van der Waals surface area contributed by atoms with Gasteiger partial charge in [-0.05, 0) is 36.8 Å². The van der Waals surface area contributed by atoms with E-state index in [9.17, 15) is 4.79 Å². The molecule has 3 aromatic heterocycles. The summed E-state index contributed by atoms with van der Waals surface area (Å²) in [5, 5.41) is 4.07. The van der Waals surface area contributed by atoms with Crippen LogP contribution in [0.1, 0.15) is 16.8 Å². The highest BCUT2D eigenvalue weighted by molar-refractivity contribution is 5.96. The van der Waals surface area contributed by atoms with Gasteiger partial charge in [0.25, 0.3) is 5.91 Å². The number of anilines is 1. The fraction of sp³-hybridized carbons (Fsp3) is 0.182. The summed E-state index contributed by atoms with van der Waals surface area (Å²) < 4.78 is 5.44. The summed E-state index contributed by atoms with van der Waals surface area (Å²) in [6, 6.07) is 13.1. The lowest BCUT2D eigenvalue weighted by atomic mass is 10.1. The third kappa shape index (κ3) is 3.42. The average Bonchev–Trinajstić information content (AvgIpc) is 3.44. The minimum atomic E-state index is -0.0770. The number of rotatable bonds is 4. The molecule has 5 rings (SSSR count). The fourth-order valence-electron chi connectivity index (χ4n) is 3.69. The van der Waals surface area contributed by atoms with Crippen LogP contribution >= 0.6 is 0 Å². The summed E-state index contributed by atoms with van der Waals surface area (Å²) in [4.78, 5) is 27.8. The molecule has 4 heterocycles. The van der Waals surface area contributed by atoms with E-state index in [4.69, 9.17) is 4.42 Å². The molecular weight excluding hydrogens is 366 g/mol. The van der Waals surface area contributed by atoms with Crippen LogP contribution in [-0.4, -0.2) is 40.0 Å². The molecule has 144 valence electrons. The van der Waals surface area contributed by atoms with Gasteiger partial charge < -0.3 is 14.6 Å². The van der Waals surface area contributed by atoms with E-state index in [1.54, 1.807) is 30.9 Å². The Kier molecular flexibility index (Phi) is 4.40. The number of hydrogen-bond donors (Lipinski definition) is 1. The molecule has 0 radical (unpaired) electrons. The molecular formula is C22H19N5O2. The predicted octanol–water partition coefficient (Wildman–Crippen LogP) is 3.29. The Morgan fingerprint density at radius 1 is 1.03 bits per heavy atom. The quantitative estimate of drug-likeness (QED) is 0.580. The highest BCUT2D eigenvalue weighted by Crippen LogP contribution is 2.27. The van der Waals surface area contributed by atoms with Crippen LogP contribution in [0, 0.1) is 0 Å². The molecule has 1 fully saturated rings. The maximum Gasteiger partial charge on any atom is 0.251 e. The van der Waals surface area contributed by atoms with Crippen molar-refractivity contribution in [2.24, 2.45) is 0 Å². The molecule has 7 nitrogen and oxygen atoms in total. The lowest BCUT2D eigenvalue weighted by Crippen LogP contribution is -2.37. The summed E-state index contributed by atoms with van der Waals surface area (Å²) in [6.45, 7) is 1.54. The van der Waals surface area contributed by atoms with E-state index >= 15 is 0 Å². The Morgan fingerprint density at radius 3 is 2.69 bits per heavy atom. The molecule has 0 saturated carbocycles. The Labute approximate surface area is 167 Å². The van der Waals surface area contributed by atoms with E-state index in [0.717, 1.165) is 35.2 Å². The number of amides is 1. The number of carbonyl (C=O) groups excluding carboxylic acids is 1. The number of pyridine rings is 1. The Bertz CT molecular complexity index is 1140. The first-order valence-electron chi connectivity index (χ1n) is 9.53. The van der Waals surface area contributed by atoms with Crippen LogP contribution in [-0.2, 0) is 0 Å². The number of aromatic nitrogens is 3. The van der Waals surface area contributed by atoms with Gasteiger partial charge in [0.05, 0.1) is 12.0 Å². The van der Waals surface area contributed by atoms with Crippen molar-refractivity contribution in [1.29, 1.82) is 0 Å². The van der Waals surface area contributed by atoms with Crippen LogP contribution in [0.15, 0.2) is 71.7 Å². The topological polar surface area (TPSA) is 84.2 Å². The van der Waals surface area contributed by atoms with Gasteiger partial charge in [-0.15, -0.1) is 0 Å². The molecule has 29 heavy (non-hydrogen) atoms. The summed E-state index contributed by atoms with van der Waals surface area (Å²) in [6.07, 6.45) is 7.71. The second-order valence-corrected chi connectivity index (χ2v) is 7.02. The summed E-state index contributed by atoms with van der Waals surface area (Å²) >= 11 is 0. The fourth-order valence-corrected chi connectivity index (χ4v) is 3.69. The number of benzene rings is 1. The van der Waals surface area contributed by atoms with Crippen molar-refractivity contribution < 1.29 is 9.21 Å². The number of fused-ring (bicyclic) bond motifs is 1. The van der Waals surface area contributed by atoms with Gasteiger partial charge in [0.1, 0.15) is 5.58 Å². The van der Waals surface area contributed by atoms with Gasteiger partial charge in [-0.2, -0.15) is 0 Å². The first kappa shape index (κ1) is 17.4. The van der Waals surface area contributed by atoms with Gasteiger partial charge >= 0.3 is 0 Å². The molecule has 1 saturated heterocycles. The number of nitrogens with zero attached hydrogens (tertiary/aromatic N) is 4. The van der Waals surface area contributed by atoms with Gasteiger partial charge in [-0.1, -0.05) is 12.1 Å². The maximum absolute atomic E-state index is 12.7. The molecule has 1 aliphatic heterocycles. The zero-order valence-electron chi connectivity index (χ0n) is 15.7. The summed E-state index contributed by atoms with van der Waals surface area (Å²) in [7, 11) is 0. The monoisotopic (exact) mass is 385 g/mol. The second-order valence-electron chi connectivity index (χ2n) is 7.02. The predicted molar refractivity (Wildman–Crippen MR) is 110 cm³/mol. The van der Waals surface area contributed by atoms with Crippen molar-refractivity contribution in [1.82, 2.24) is 20.3 Å². The van der Waals surface area contributed by atoms with Crippen molar-refractivity contribution in [2.75, 3.05) is 18.0 Å². The number of nitrogens with one attached hydrogen (secondary N) is 1. The molecule has 1 atom stereocenters. The minimum absolute atomic E-state index is 0.0762. The first-order chi connectivity index (χ1) is 14.3. The van der Waals surface area contributed by atoms with Crippen LogP contribution in [0.4, 0.5) is 5.95 Å². The molecule has 1 aliphatic rings. The Morgan fingerprint density at radius 2 is 1.86 bits per heavy atom. The van der Waals surface area contributed by atoms with Crippen molar-refractivity contribution >= 4 is 22.8 Å². The van der Waals surface area contributed by atoms with E-state index < -0.39 is 0 Å². The lowest BCUT2D eigenvalue weighted by Gasteiger charge is -2.16. The van der Waals surface area contributed by atoms with Crippen LogP contribution in [0.3, 0.4) is 0 Å². The summed E-state index contributed by atoms with van der Waals surface area (Å²) in [5.41, 5.74) is 3.21. The van der Waals surface area contributed by atoms with Crippen LogP contribution < -0.4 is 10.2 Å². The Balaban J connectivity index is 1.27. The molecule has 0 aliphatic carbocycles. The smallest absolute Gasteiger partial charge is 0.251 e. The van der Waals surface area contributed by atoms with Gasteiger partial charge in [-0.25, -0.2) is 9.97 Å². The SMILES string of the molecule is O=C(N[C@@H]1CCN(c2ncccn2)C1)c1ccc(-c2nccc3occc23)cc1. The van der Waals surface area contributed by atoms with Crippen LogP contribution in [0.25, 0.3) is 22.2 Å². The number of carbonyl (C=O) groups is 1. The van der Waals surface area contributed by atoms with E-state index in [2.05, 4.69) is 25.2 Å². The van der Waals surface area contributed by atoms with Crippen LogP contribution in [0.2, 0.25) is 0 Å². The van der Waals surface area contributed by atoms with Gasteiger partial charge in [0.15, 0.2) is 0 Å². The third-order valence-corrected chi connectivity index (χ3v) is 5.16. The maximum atomic E-state index is 12.7. The van der Waals surface area contributed by atoms with Crippen LogP contribution in [0.5, 0.6) is 0 Å². The van der Waals surface area contributed by atoms with Crippen molar-refractivity contribution in [3.05, 3.63) is 72.9 Å². The molecule has 0 spiro atoms. The largest absolute Gasteiger partial charge is 0.464 e. The van der Waals surface area contributed by atoms with E-state index in [1.807, 2.05) is 36.4 Å². The molecule has 1 amide bonds. The summed E-state index contributed by atoms with van der Waals surface area (Å²) in [5.74, 6) is 0.626. The highest BCUT2D eigenvalue weighted by Gasteiger charge is 2.25.